The summed E-state index contributed by atoms with van der Waals surface area (Å²) >= 11 is 6.24. The molecule has 2 fully saturated rings. The number of nitrogens with one attached hydrogen (secondary N) is 2. The topological polar surface area (TPSA) is 105 Å². The highest BCUT2D eigenvalue weighted by molar-refractivity contribution is 7.89. The van der Waals surface area contributed by atoms with Gasteiger partial charge in [0.15, 0.2) is 6.61 Å². The predicted octanol–water partition coefficient (Wildman–Crippen LogP) is 2.27. The van der Waals surface area contributed by atoms with Crippen molar-refractivity contribution in [3.05, 3.63) is 17.2 Å². The molecule has 10 heteroatoms. The fourth-order valence-corrected chi connectivity index (χ4v) is 6.42. The molecular formula is C19H24ClN3O5S. The van der Waals surface area contributed by atoms with Crippen LogP contribution in [-0.2, 0) is 19.6 Å². The summed E-state index contributed by atoms with van der Waals surface area (Å²) in [6, 6.07) is 2.06. The Hall–Kier alpha value is -1.84. The largest absolute Gasteiger partial charge is 0.482 e. The van der Waals surface area contributed by atoms with E-state index in [2.05, 4.69) is 10.6 Å². The van der Waals surface area contributed by atoms with Crippen LogP contribution >= 0.6 is 11.6 Å². The number of carbonyl (C=O) groups is 2. The first-order chi connectivity index (χ1) is 13.9. The van der Waals surface area contributed by atoms with E-state index < -0.39 is 16.1 Å². The number of benzene rings is 1. The van der Waals surface area contributed by atoms with Crippen LogP contribution in [-0.4, -0.2) is 49.8 Å². The van der Waals surface area contributed by atoms with Crippen molar-refractivity contribution in [2.24, 2.45) is 0 Å². The molecule has 3 aliphatic rings. The van der Waals surface area contributed by atoms with Gasteiger partial charge in [-0.3, -0.25) is 9.59 Å². The Balaban J connectivity index is 1.57. The summed E-state index contributed by atoms with van der Waals surface area (Å²) in [4.78, 5) is 24.2. The number of ether oxygens (including phenoxy) is 1. The van der Waals surface area contributed by atoms with Gasteiger partial charge in [-0.15, -0.1) is 0 Å². The van der Waals surface area contributed by atoms with Crippen molar-refractivity contribution in [1.82, 2.24) is 9.62 Å². The molecule has 1 unspecified atom stereocenters. The number of anilines is 1. The van der Waals surface area contributed by atoms with Crippen LogP contribution < -0.4 is 15.4 Å². The molecular weight excluding hydrogens is 418 g/mol. The summed E-state index contributed by atoms with van der Waals surface area (Å²) in [7, 11) is -4.00. The third kappa shape index (κ3) is 4.08. The van der Waals surface area contributed by atoms with Gasteiger partial charge in [0, 0.05) is 18.7 Å². The summed E-state index contributed by atoms with van der Waals surface area (Å²) in [6.07, 6.45) is 6.30. The van der Waals surface area contributed by atoms with Crippen LogP contribution in [0.15, 0.2) is 17.0 Å². The summed E-state index contributed by atoms with van der Waals surface area (Å²) in [5, 5.41) is 5.61. The molecule has 1 atom stereocenters. The molecule has 0 radical (unpaired) electrons. The van der Waals surface area contributed by atoms with Crippen molar-refractivity contribution in [3.8, 4) is 5.75 Å². The average Bonchev–Trinajstić information content (AvgIpc) is 3.19. The van der Waals surface area contributed by atoms with Crippen molar-refractivity contribution in [2.45, 2.75) is 61.9 Å². The van der Waals surface area contributed by atoms with Crippen LogP contribution in [0.2, 0.25) is 5.02 Å². The number of nitrogens with zero attached hydrogens (tertiary/aromatic N) is 1. The van der Waals surface area contributed by atoms with Gasteiger partial charge in [-0.25, -0.2) is 8.42 Å². The molecule has 2 amide bonds. The second-order valence-electron chi connectivity index (χ2n) is 7.73. The second kappa shape index (κ2) is 8.12. The summed E-state index contributed by atoms with van der Waals surface area (Å²) in [5.41, 5.74) is 0.332. The van der Waals surface area contributed by atoms with E-state index in [4.69, 9.17) is 16.3 Å². The van der Waals surface area contributed by atoms with Gasteiger partial charge in [0.05, 0.1) is 10.7 Å². The molecule has 158 valence electrons. The van der Waals surface area contributed by atoms with Crippen molar-refractivity contribution < 1.29 is 22.7 Å². The van der Waals surface area contributed by atoms with E-state index in [1.165, 1.54) is 22.9 Å². The lowest BCUT2D eigenvalue weighted by molar-refractivity contribution is -0.125. The Morgan fingerprint density at radius 2 is 1.93 bits per heavy atom. The number of halogens is 1. The normalized spacial score (nSPS) is 23.2. The van der Waals surface area contributed by atoms with Crippen LogP contribution in [0.5, 0.6) is 5.75 Å². The number of hydrogen-bond donors (Lipinski definition) is 2. The van der Waals surface area contributed by atoms with Gasteiger partial charge < -0.3 is 15.4 Å². The number of fused-ring (bicyclic) bond motifs is 1. The first-order valence-corrected chi connectivity index (χ1v) is 11.8. The molecule has 1 saturated carbocycles. The molecule has 1 aromatic rings. The molecule has 2 N–H and O–H groups in total. The third-order valence-corrected chi connectivity index (χ3v) is 8.08. The quantitative estimate of drug-likeness (QED) is 0.745. The number of amides is 2. The zero-order valence-corrected chi connectivity index (χ0v) is 17.5. The van der Waals surface area contributed by atoms with Crippen molar-refractivity contribution in [1.29, 1.82) is 0 Å². The van der Waals surface area contributed by atoms with E-state index in [-0.39, 0.29) is 46.7 Å². The Labute approximate surface area is 175 Å². The minimum atomic E-state index is -4.00. The maximum Gasteiger partial charge on any atom is 0.262 e. The maximum absolute atomic E-state index is 13.3. The molecule has 2 heterocycles. The molecule has 1 saturated heterocycles. The van der Waals surface area contributed by atoms with Crippen LogP contribution in [0, 0.1) is 0 Å². The maximum atomic E-state index is 13.3. The number of rotatable bonds is 4. The van der Waals surface area contributed by atoms with Crippen molar-refractivity contribution in [3.63, 3.8) is 0 Å². The van der Waals surface area contributed by atoms with Crippen LogP contribution in [0.4, 0.5) is 5.69 Å². The molecule has 1 aliphatic carbocycles. The smallest absolute Gasteiger partial charge is 0.262 e. The van der Waals surface area contributed by atoms with Gasteiger partial charge in [0.2, 0.25) is 15.9 Å². The Kier molecular flexibility index (Phi) is 5.72. The van der Waals surface area contributed by atoms with Gasteiger partial charge in [0.1, 0.15) is 16.7 Å². The van der Waals surface area contributed by atoms with Crippen molar-refractivity contribution >= 4 is 39.1 Å². The Morgan fingerprint density at radius 3 is 2.69 bits per heavy atom. The fraction of sp³-hybridized carbons (Fsp3) is 0.579. The van der Waals surface area contributed by atoms with E-state index in [9.17, 15) is 18.0 Å². The van der Waals surface area contributed by atoms with Gasteiger partial charge in [-0.05, 0) is 31.7 Å². The average molecular weight is 442 g/mol. The van der Waals surface area contributed by atoms with Gasteiger partial charge in [0.25, 0.3) is 5.91 Å². The van der Waals surface area contributed by atoms with Crippen LogP contribution in [0.3, 0.4) is 0 Å². The predicted molar refractivity (Wildman–Crippen MR) is 108 cm³/mol. The monoisotopic (exact) mass is 441 g/mol. The standard InChI is InChI=1S/C19H24ClN3O5S/c20-13-9-14-16(28-11-18(24)22-14)10-17(13)29(26,27)23-8-4-7-15(23)19(25)21-12-5-2-1-3-6-12/h9-10,12,15H,1-8,11H2,(H,21,25)(H,22,24). The number of sulfonamides is 1. The SMILES string of the molecule is O=C1COc2cc(S(=O)(=O)N3CCCC3C(=O)NC3CCCCC3)c(Cl)cc2N1. The lowest BCUT2D eigenvalue weighted by Crippen LogP contribution is -2.49. The van der Waals surface area contributed by atoms with E-state index >= 15 is 0 Å². The zero-order chi connectivity index (χ0) is 20.6. The molecule has 1 aromatic carbocycles. The van der Waals surface area contributed by atoms with Gasteiger partial charge in [-0.2, -0.15) is 4.31 Å². The molecule has 4 rings (SSSR count). The highest BCUT2D eigenvalue weighted by Crippen LogP contribution is 2.38. The van der Waals surface area contributed by atoms with Gasteiger partial charge in [-0.1, -0.05) is 30.9 Å². The minimum Gasteiger partial charge on any atom is -0.482 e. The lowest BCUT2D eigenvalue weighted by atomic mass is 9.95. The van der Waals surface area contributed by atoms with E-state index in [1.807, 2.05) is 0 Å². The highest BCUT2D eigenvalue weighted by atomic mass is 35.5. The van der Waals surface area contributed by atoms with Gasteiger partial charge >= 0.3 is 0 Å². The lowest BCUT2D eigenvalue weighted by Gasteiger charge is -2.28. The van der Waals surface area contributed by atoms with Crippen LogP contribution in [0.25, 0.3) is 0 Å². The highest BCUT2D eigenvalue weighted by Gasteiger charge is 2.41. The van der Waals surface area contributed by atoms with E-state index in [0.717, 1.165) is 25.7 Å². The summed E-state index contributed by atoms with van der Waals surface area (Å²) in [5.74, 6) is -0.325. The minimum absolute atomic E-state index is 0.0205. The molecule has 0 spiro atoms. The van der Waals surface area contributed by atoms with E-state index in [1.54, 1.807) is 0 Å². The third-order valence-electron chi connectivity index (χ3n) is 5.71. The van der Waals surface area contributed by atoms with Crippen molar-refractivity contribution in [2.75, 3.05) is 18.5 Å². The molecule has 29 heavy (non-hydrogen) atoms. The fourth-order valence-electron chi connectivity index (χ4n) is 4.24. The summed E-state index contributed by atoms with van der Waals surface area (Å²) < 4.78 is 33.2. The first kappa shape index (κ1) is 20.4. The van der Waals surface area contributed by atoms with E-state index in [0.29, 0.717) is 18.5 Å². The number of hydrogen-bond acceptors (Lipinski definition) is 5. The second-order valence-corrected chi connectivity index (χ2v) is 10.00. The number of carbonyl (C=O) groups excluding carboxylic acids is 2. The Morgan fingerprint density at radius 1 is 1.17 bits per heavy atom. The first-order valence-electron chi connectivity index (χ1n) is 9.94. The molecule has 0 bridgehead atoms. The molecule has 8 nitrogen and oxygen atoms in total. The molecule has 0 aromatic heterocycles. The Bertz CT molecular complexity index is 930. The van der Waals surface area contributed by atoms with Crippen LogP contribution in [0.1, 0.15) is 44.9 Å². The molecule has 2 aliphatic heterocycles. The summed E-state index contributed by atoms with van der Waals surface area (Å²) in [6.45, 7) is 0.0698. The zero-order valence-electron chi connectivity index (χ0n) is 15.9.